The van der Waals surface area contributed by atoms with E-state index in [2.05, 4.69) is 12.2 Å². The van der Waals surface area contributed by atoms with Crippen LogP contribution in [0.5, 0.6) is 0 Å². The van der Waals surface area contributed by atoms with Crippen molar-refractivity contribution in [1.29, 1.82) is 0 Å². The van der Waals surface area contributed by atoms with Gasteiger partial charge in [-0.2, -0.15) is 0 Å². The first-order chi connectivity index (χ1) is 9.25. The predicted molar refractivity (Wildman–Crippen MR) is 75.4 cm³/mol. The van der Waals surface area contributed by atoms with Crippen LogP contribution in [-0.2, 0) is 0 Å². The highest BCUT2D eigenvalue weighted by Crippen LogP contribution is 2.37. The van der Waals surface area contributed by atoms with Crippen LogP contribution in [0.2, 0.25) is 0 Å². The summed E-state index contributed by atoms with van der Waals surface area (Å²) in [5, 5.41) is 4.33. The third kappa shape index (κ3) is 2.08. The molecule has 1 aliphatic heterocycles. The molecule has 0 aliphatic carbocycles. The summed E-state index contributed by atoms with van der Waals surface area (Å²) in [6.07, 6.45) is 2.68. The summed E-state index contributed by atoms with van der Waals surface area (Å²) in [7, 11) is 0. The summed E-state index contributed by atoms with van der Waals surface area (Å²) in [6, 6.07) is 9.67. The molecule has 3 rings (SSSR count). The van der Waals surface area contributed by atoms with E-state index in [1.165, 1.54) is 0 Å². The molecule has 3 heteroatoms. The zero-order valence-corrected chi connectivity index (χ0v) is 11.2. The van der Waals surface area contributed by atoms with Crippen molar-refractivity contribution in [3.8, 4) is 0 Å². The molecular weight excluding hydrogens is 238 g/mol. The lowest BCUT2D eigenvalue weighted by atomic mass is 9.72. The van der Waals surface area contributed by atoms with Crippen LogP contribution in [-0.4, -0.2) is 18.9 Å². The molecule has 2 heterocycles. The van der Waals surface area contributed by atoms with Gasteiger partial charge in [0.1, 0.15) is 5.58 Å². The highest BCUT2D eigenvalue weighted by Gasteiger charge is 2.39. The lowest BCUT2D eigenvalue weighted by Gasteiger charge is -2.34. The van der Waals surface area contributed by atoms with E-state index in [0.717, 1.165) is 43.3 Å². The van der Waals surface area contributed by atoms with Crippen LogP contribution in [0.4, 0.5) is 0 Å². The number of hydrogen-bond donors (Lipinski definition) is 1. The number of fused-ring (bicyclic) bond motifs is 1. The highest BCUT2D eigenvalue weighted by atomic mass is 16.3. The summed E-state index contributed by atoms with van der Waals surface area (Å²) in [5.74, 6) is 0.692. The summed E-state index contributed by atoms with van der Waals surface area (Å²) in [6.45, 7) is 3.94. The number of rotatable bonds is 3. The maximum Gasteiger partial charge on any atom is 0.204 e. The molecule has 1 aromatic carbocycles. The molecule has 0 saturated carbocycles. The number of carbonyl (C=O) groups excluding carboxylic acids is 1. The maximum atomic E-state index is 12.8. The molecule has 1 aliphatic rings. The topological polar surface area (TPSA) is 42.2 Å². The molecule has 0 atom stereocenters. The Bertz CT molecular complexity index is 561. The van der Waals surface area contributed by atoms with E-state index in [0.29, 0.717) is 5.76 Å². The molecule has 0 radical (unpaired) electrons. The molecule has 1 aromatic heterocycles. The Labute approximate surface area is 113 Å². The van der Waals surface area contributed by atoms with Gasteiger partial charge in [0.25, 0.3) is 0 Å². The first kappa shape index (κ1) is 12.4. The molecule has 0 spiro atoms. The van der Waals surface area contributed by atoms with Crippen LogP contribution < -0.4 is 5.32 Å². The van der Waals surface area contributed by atoms with E-state index in [4.69, 9.17) is 4.42 Å². The predicted octanol–water partition coefficient (Wildman–Crippen LogP) is 3.40. The Morgan fingerprint density at radius 2 is 2.05 bits per heavy atom. The Hall–Kier alpha value is -1.61. The molecule has 3 nitrogen and oxygen atoms in total. The monoisotopic (exact) mass is 257 g/mol. The Balaban J connectivity index is 1.97. The second-order valence-electron chi connectivity index (χ2n) is 5.36. The fourth-order valence-electron chi connectivity index (χ4n) is 3.00. The lowest BCUT2D eigenvalue weighted by molar-refractivity contribution is 0.0688. The molecule has 100 valence electrons. The minimum atomic E-state index is -0.237. The van der Waals surface area contributed by atoms with Crippen LogP contribution >= 0.6 is 0 Å². The summed E-state index contributed by atoms with van der Waals surface area (Å²) < 4.78 is 5.74. The van der Waals surface area contributed by atoms with E-state index < -0.39 is 0 Å². The minimum absolute atomic E-state index is 0.174. The number of hydrogen-bond acceptors (Lipinski definition) is 3. The van der Waals surface area contributed by atoms with Crippen LogP contribution in [0.15, 0.2) is 34.7 Å². The lowest BCUT2D eigenvalue weighted by Crippen LogP contribution is -2.41. The maximum absolute atomic E-state index is 12.8. The molecule has 2 aromatic rings. The second-order valence-corrected chi connectivity index (χ2v) is 5.36. The standard InChI is InChI=1S/C16H19NO2/c1-2-16(7-9-17-10-8-16)15(18)14-11-12-5-3-4-6-13(12)19-14/h3-6,11,17H,2,7-10H2,1H3. The first-order valence-corrected chi connectivity index (χ1v) is 6.99. The normalized spacial score (nSPS) is 18.6. The number of carbonyl (C=O) groups is 1. The van der Waals surface area contributed by atoms with Gasteiger partial charge in [-0.3, -0.25) is 4.79 Å². The van der Waals surface area contributed by atoms with E-state index in [1.54, 1.807) is 0 Å². The highest BCUT2D eigenvalue weighted by molar-refractivity contribution is 6.01. The summed E-state index contributed by atoms with van der Waals surface area (Å²) in [4.78, 5) is 12.8. The van der Waals surface area contributed by atoms with E-state index in [-0.39, 0.29) is 11.2 Å². The molecule has 0 amide bonds. The van der Waals surface area contributed by atoms with Crippen molar-refractivity contribution in [2.45, 2.75) is 26.2 Å². The van der Waals surface area contributed by atoms with Crippen molar-refractivity contribution in [3.63, 3.8) is 0 Å². The molecule has 1 N–H and O–H groups in total. The summed E-state index contributed by atoms with van der Waals surface area (Å²) >= 11 is 0. The Kier molecular flexibility index (Phi) is 3.15. The van der Waals surface area contributed by atoms with Crippen molar-refractivity contribution in [1.82, 2.24) is 5.32 Å². The quantitative estimate of drug-likeness (QED) is 0.857. The van der Waals surface area contributed by atoms with Gasteiger partial charge in [0, 0.05) is 10.8 Å². The van der Waals surface area contributed by atoms with Gasteiger partial charge in [0.05, 0.1) is 0 Å². The third-order valence-electron chi connectivity index (χ3n) is 4.37. The van der Waals surface area contributed by atoms with Gasteiger partial charge in [0.2, 0.25) is 5.78 Å². The minimum Gasteiger partial charge on any atom is -0.453 e. The first-order valence-electron chi connectivity index (χ1n) is 6.99. The molecule has 1 saturated heterocycles. The van der Waals surface area contributed by atoms with Crippen LogP contribution in [0, 0.1) is 5.41 Å². The van der Waals surface area contributed by atoms with Gasteiger partial charge < -0.3 is 9.73 Å². The number of nitrogens with one attached hydrogen (secondary N) is 1. The van der Waals surface area contributed by atoms with Gasteiger partial charge in [-0.05, 0) is 44.5 Å². The van der Waals surface area contributed by atoms with E-state index in [9.17, 15) is 4.79 Å². The number of Topliss-reactive ketones (excluding diaryl/α,β-unsaturated/α-hetero) is 1. The molecule has 0 unspecified atom stereocenters. The van der Waals surface area contributed by atoms with E-state index in [1.807, 2.05) is 30.3 Å². The Morgan fingerprint density at radius 1 is 1.32 bits per heavy atom. The number of para-hydroxylation sites is 1. The van der Waals surface area contributed by atoms with Crippen molar-refractivity contribution >= 4 is 16.8 Å². The zero-order valence-electron chi connectivity index (χ0n) is 11.2. The van der Waals surface area contributed by atoms with Crippen LogP contribution in [0.25, 0.3) is 11.0 Å². The van der Waals surface area contributed by atoms with Crippen molar-refractivity contribution in [2.75, 3.05) is 13.1 Å². The van der Waals surface area contributed by atoms with Gasteiger partial charge in [0.15, 0.2) is 5.76 Å². The van der Waals surface area contributed by atoms with Gasteiger partial charge in [-0.25, -0.2) is 0 Å². The average Bonchev–Trinajstić information content (AvgIpc) is 2.91. The van der Waals surface area contributed by atoms with Crippen molar-refractivity contribution < 1.29 is 9.21 Å². The largest absolute Gasteiger partial charge is 0.453 e. The fourth-order valence-corrected chi connectivity index (χ4v) is 3.00. The molecule has 0 bridgehead atoms. The SMILES string of the molecule is CCC1(C(=O)c2cc3ccccc3o2)CCNCC1. The van der Waals surface area contributed by atoms with Crippen LogP contribution in [0.3, 0.4) is 0 Å². The van der Waals surface area contributed by atoms with E-state index >= 15 is 0 Å². The number of furan rings is 1. The van der Waals surface area contributed by atoms with Crippen LogP contribution in [0.1, 0.15) is 36.7 Å². The van der Waals surface area contributed by atoms with Crippen molar-refractivity contribution in [2.24, 2.45) is 5.41 Å². The molecular formula is C16H19NO2. The van der Waals surface area contributed by atoms with Gasteiger partial charge >= 0.3 is 0 Å². The third-order valence-corrected chi connectivity index (χ3v) is 4.37. The van der Waals surface area contributed by atoms with Gasteiger partial charge in [-0.15, -0.1) is 0 Å². The second kappa shape index (κ2) is 4.82. The Morgan fingerprint density at radius 3 is 2.74 bits per heavy atom. The van der Waals surface area contributed by atoms with Gasteiger partial charge in [-0.1, -0.05) is 25.1 Å². The smallest absolute Gasteiger partial charge is 0.204 e. The summed E-state index contributed by atoms with van der Waals surface area (Å²) in [5.41, 5.74) is 0.560. The number of piperidine rings is 1. The fraction of sp³-hybridized carbons (Fsp3) is 0.438. The molecule has 1 fully saturated rings. The van der Waals surface area contributed by atoms with Crippen molar-refractivity contribution in [3.05, 3.63) is 36.1 Å². The molecule has 19 heavy (non-hydrogen) atoms. The number of benzene rings is 1. The zero-order chi connectivity index (χ0) is 13.3. The number of ketones is 1. The average molecular weight is 257 g/mol.